The molecule has 9 heteroatoms. The van der Waals surface area contributed by atoms with E-state index in [1.54, 1.807) is 37.6 Å². The summed E-state index contributed by atoms with van der Waals surface area (Å²) in [5, 5.41) is 4.19. The molecule has 0 aromatic heterocycles. The normalized spacial score (nSPS) is 15.2. The Balaban J connectivity index is 1.59. The van der Waals surface area contributed by atoms with Crippen LogP contribution in [0.2, 0.25) is 0 Å². The Bertz CT molecular complexity index is 1050. The summed E-state index contributed by atoms with van der Waals surface area (Å²) in [4.78, 5) is 27.1. The van der Waals surface area contributed by atoms with E-state index in [1.807, 2.05) is 57.1 Å². The molecule has 1 aliphatic heterocycles. The third-order valence-electron chi connectivity index (χ3n) is 5.46. The highest BCUT2D eigenvalue weighted by Gasteiger charge is 2.23. The van der Waals surface area contributed by atoms with Crippen LogP contribution in [0.15, 0.2) is 54.7 Å². The molecule has 0 fully saturated rings. The van der Waals surface area contributed by atoms with E-state index in [2.05, 4.69) is 10.7 Å². The molecule has 0 radical (unpaired) electrons. The second kappa shape index (κ2) is 12.9. The largest absolute Gasteiger partial charge is 0.493 e. The second-order valence-electron chi connectivity index (χ2n) is 9.05. The minimum Gasteiger partial charge on any atom is -0.493 e. The SMILES string of the molecule is COc1ccc(C2CC=CN(C(=O)c3ccc(OC(=O)NCCCN(C)C)cc3)N2)cc1OC(C)C. The number of rotatable bonds is 10. The number of benzene rings is 2. The first-order valence-electron chi connectivity index (χ1n) is 12.1. The molecule has 0 spiro atoms. The number of hydrazine groups is 1. The molecule has 36 heavy (non-hydrogen) atoms. The number of ether oxygens (including phenoxy) is 3. The monoisotopic (exact) mass is 496 g/mol. The van der Waals surface area contributed by atoms with Crippen molar-refractivity contribution in [3.05, 3.63) is 65.9 Å². The molecule has 9 nitrogen and oxygen atoms in total. The Hall–Kier alpha value is -3.56. The highest BCUT2D eigenvalue weighted by molar-refractivity contribution is 5.94. The summed E-state index contributed by atoms with van der Waals surface area (Å²) in [6, 6.07) is 12.2. The number of carbonyl (C=O) groups excluding carboxylic acids is 2. The van der Waals surface area contributed by atoms with Crippen molar-refractivity contribution in [1.82, 2.24) is 20.7 Å². The van der Waals surface area contributed by atoms with Gasteiger partial charge in [0.25, 0.3) is 5.91 Å². The highest BCUT2D eigenvalue weighted by atomic mass is 16.6. The van der Waals surface area contributed by atoms with Gasteiger partial charge in [-0.05, 0) is 89.3 Å². The summed E-state index contributed by atoms with van der Waals surface area (Å²) in [6.07, 6.45) is 4.71. The van der Waals surface area contributed by atoms with Gasteiger partial charge in [-0.2, -0.15) is 0 Å². The van der Waals surface area contributed by atoms with Crippen molar-refractivity contribution >= 4 is 12.0 Å². The first-order chi connectivity index (χ1) is 17.3. The summed E-state index contributed by atoms with van der Waals surface area (Å²) in [5.41, 5.74) is 4.71. The molecule has 0 bridgehead atoms. The molecule has 0 aliphatic carbocycles. The molecule has 1 aliphatic rings. The van der Waals surface area contributed by atoms with E-state index < -0.39 is 6.09 Å². The van der Waals surface area contributed by atoms with Crippen molar-refractivity contribution in [1.29, 1.82) is 0 Å². The van der Waals surface area contributed by atoms with E-state index in [4.69, 9.17) is 14.2 Å². The van der Waals surface area contributed by atoms with E-state index in [0.717, 1.165) is 18.5 Å². The molecule has 2 aromatic rings. The Morgan fingerprint density at radius 1 is 1.14 bits per heavy atom. The fourth-order valence-corrected chi connectivity index (χ4v) is 3.69. The zero-order chi connectivity index (χ0) is 26.1. The van der Waals surface area contributed by atoms with Gasteiger partial charge in [0.15, 0.2) is 11.5 Å². The Morgan fingerprint density at radius 3 is 2.56 bits per heavy atom. The Kier molecular flexibility index (Phi) is 9.72. The number of hydrogen-bond donors (Lipinski definition) is 2. The number of carbonyl (C=O) groups is 2. The maximum Gasteiger partial charge on any atom is 0.412 e. The van der Waals surface area contributed by atoms with E-state index in [0.29, 0.717) is 35.8 Å². The zero-order valence-corrected chi connectivity index (χ0v) is 21.6. The second-order valence-corrected chi connectivity index (χ2v) is 9.05. The topological polar surface area (TPSA) is 92.4 Å². The molecular weight excluding hydrogens is 460 g/mol. The van der Waals surface area contributed by atoms with Crippen LogP contribution < -0.4 is 25.0 Å². The van der Waals surface area contributed by atoms with Gasteiger partial charge in [0.05, 0.1) is 19.3 Å². The molecule has 2 N–H and O–H groups in total. The van der Waals surface area contributed by atoms with E-state index >= 15 is 0 Å². The predicted molar refractivity (Wildman–Crippen MR) is 138 cm³/mol. The minimum atomic E-state index is -0.517. The van der Waals surface area contributed by atoms with Gasteiger partial charge in [0.1, 0.15) is 5.75 Å². The van der Waals surface area contributed by atoms with Gasteiger partial charge in [0, 0.05) is 18.3 Å². The Morgan fingerprint density at radius 2 is 1.89 bits per heavy atom. The van der Waals surface area contributed by atoms with Gasteiger partial charge in [-0.15, -0.1) is 0 Å². The molecule has 2 aromatic carbocycles. The number of methoxy groups -OCH3 is 1. The lowest BCUT2D eigenvalue weighted by Crippen LogP contribution is -2.43. The number of amides is 2. The first kappa shape index (κ1) is 27.0. The number of nitrogens with zero attached hydrogens (tertiary/aromatic N) is 2. The van der Waals surface area contributed by atoms with Crippen molar-refractivity contribution in [3.63, 3.8) is 0 Å². The van der Waals surface area contributed by atoms with Crippen LogP contribution in [0.3, 0.4) is 0 Å². The van der Waals surface area contributed by atoms with E-state index in [-0.39, 0.29) is 18.1 Å². The van der Waals surface area contributed by atoms with Crippen LogP contribution in [0.25, 0.3) is 0 Å². The van der Waals surface area contributed by atoms with Crippen LogP contribution in [-0.2, 0) is 0 Å². The Labute approximate surface area is 213 Å². The van der Waals surface area contributed by atoms with Crippen LogP contribution in [0, 0.1) is 0 Å². The van der Waals surface area contributed by atoms with Gasteiger partial charge in [-0.1, -0.05) is 12.1 Å². The number of hydrogen-bond acceptors (Lipinski definition) is 7. The fraction of sp³-hybridized carbons (Fsp3) is 0.407. The molecule has 2 amide bonds. The van der Waals surface area contributed by atoms with Gasteiger partial charge < -0.3 is 24.4 Å². The fourth-order valence-electron chi connectivity index (χ4n) is 3.69. The average Bonchev–Trinajstić information content (AvgIpc) is 2.86. The molecule has 194 valence electrons. The summed E-state index contributed by atoms with van der Waals surface area (Å²) < 4.78 is 16.6. The predicted octanol–water partition coefficient (Wildman–Crippen LogP) is 4.13. The van der Waals surface area contributed by atoms with Gasteiger partial charge >= 0.3 is 6.09 Å². The summed E-state index contributed by atoms with van der Waals surface area (Å²) in [5.74, 6) is 1.48. The van der Waals surface area contributed by atoms with Crippen molar-refractivity contribution in [2.45, 2.75) is 38.8 Å². The van der Waals surface area contributed by atoms with Crippen LogP contribution in [0.5, 0.6) is 17.2 Å². The maximum absolute atomic E-state index is 13.1. The zero-order valence-electron chi connectivity index (χ0n) is 21.6. The van der Waals surface area contributed by atoms with Crippen molar-refractivity contribution in [3.8, 4) is 17.2 Å². The quantitative estimate of drug-likeness (QED) is 0.478. The summed E-state index contributed by atoms with van der Waals surface area (Å²) in [7, 11) is 5.57. The molecule has 0 saturated carbocycles. The maximum atomic E-state index is 13.1. The van der Waals surface area contributed by atoms with Crippen LogP contribution in [0.1, 0.15) is 48.7 Å². The smallest absolute Gasteiger partial charge is 0.412 e. The average molecular weight is 497 g/mol. The molecule has 0 saturated heterocycles. The molecule has 3 rings (SSSR count). The van der Waals surface area contributed by atoms with Crippen LogP contribution >= 0.6 is 0 Å². The lowest BCUT2D eigenvalue weighted by molar-refractivity contribution is 0.0713. The van der Waals surface area contributed by atoms with Crippen molar-refractivity contribution in [2.24, 2.45) is 0 Å². The van der Waals surface area contributed by atoms with Crippen molar-refractivity contribution < 1.29 is 23.8 Å². The third-order valence-corrected chi connectivity index (χ3v) is 5.46. The molecular formula is C27H36N4O5. The minimum absolute atomic E-state index is 0.00698. The van der Waals surface area contributed by atoms with E-state index in [1.165, 1.54) is 5.01 Å². The number of nitrogens with one attached hydrogen (secondary N) is 2. The first-order valence-corrected chi connectivity index (χ1v) is 12.1. The van der Waals surface area contributed by atoms with Gasteiger partial charge in [-0.25, -0.2) is 15.2 Å². The standard InChI is InChI=1S/C27H36N4O5/c1-19(2)35-25-18-21(11-14-24(25)34-5)23-8-6-17-31(29-23)26(32)20-9-12-22(13-10-20)36-27(33)28-15-7-16-30(3)4/h6,9-14,17-19,23,29H,7-8,15-16H2,1-5H3,(H,28,33). The van der Waals surface area contributed by atoms with E-state index in [9.17, 15) is 9.59 Å². The highest BCUT2D eigenvalue weighted by Crippen LogP contribution is 2.33. The summed E-state index contributed by atoms with van der Waals surface area (Å²) in [6.45, 7) is 5.33. The van der Waals surface area contributed by atoms with Crippen LogP contribution in [0.4, 0.5) is 4.79 Å². The molecule has 1 atom stereocenters. The molecule has 1 heterocycles. The van der Waals surface area contributed by atoms with Crippen LogP contribution in [-0.4, -0.2) is 62.3 Å². The third kappa shape index (κ3) is 7.73. The van der Waals surface area contributed by atoms with Gasteiger partial charge in [0.2, 0.25) is 0 Å². The summed E-state index contributed by atoms with van der Waals surface area (Å²) >= 11 is 0. The van der Waals surface area contributed by atoms with Crippen molar-refractivity contribution in [2.75, 3.05) is 34.3 Å². The molecule has 1 unspecified atom stereocenters. The van der Waals surface area contributed by atoms with Gasteiger partial charge in [-0.3, -0.25) is 4.79 Å². The lowest BCUT2D eigenvalue weighted by Gasteiger charge is -2.30. The lowest BCUT2D eigenvalue weighted by atomic mass is 10.0.